The molecular weight excluding hydrogens is 294 g/mol. The molecule has 0 spiro atoms. The molecular formula is C12H18BrN5. The van der Waals surface area contributed by atoms with Crippen LogP contribution in [-0.4, -0.2) is 19.6 Å². The molecule has 2 aromatic heterocycles. The second kappa shape index (κ2) is 5.56. The molecule has 0 radical (unpaired) electrons. The van der Waals surface area contributed by atoms with Crippen molar-refractivity contribution >= 4 is 21.7 Å². The van der Waals surface area contributed by atoms with Gasteiger partial charge in [0.1, 0.15) is 5.82 Å². The molecule has 0 atom stereocenters. The highest BCUT2D eigenvalue weighted by molar-refractivity contribution is 9.10. The molecule has 98 valence electrons. The Balaban J connectivity index is 2.08. The quantitative estimate of drug-likeness (QED) is 0.923. The summed E-state index contributed by atoms with van der Waals surface area (Å²) >= 11 is 3.61. The van der Waals surface area contributed by atoms with Gasteiger partial charge in [0.25, 0.3) is 0 Å². The average Bonchev–Trinajstić information content (AvgIpc) is 2.93. The van der Waals surface area contributed by atoms with Crippen molar-refractivity contribution in [2.45, 2.75) is 33.4 Å². The van der Waals surface area contributed by atoms with E-state index in [0.717, 1.165) is 34.6 Å². The van der Waals surface area contributed by atoms with Crippen molar-refractivity contribution in [3.05, 3.63) is 28.1 Å². The average molecular weight is 312 g/mol. The van der Waals surface area contributed by atoms with Crippen molar-refractivity contribution in [3.8, 4) is 0 Å². The lowest BCUT2D eigenvalue weighted by molar-refractivity contribution is 0.659. The Kier molecular flexibility index (Phi) is 4.06. The maximum absolute atomic E-state index is 4.47. The Hall–Kier alpha value is -1.30. The van der Waals surface area contributed by atoms with Gasteiger partial charge in [0.15, 0.2) is 0 Å². The lowest BCUT2D eigenvalue weighted by atomic mass is 10.3. The van der Waals surface area contributed by atoms with E-state index >= 15 is 0 Å². The summed E-state index contributed by atoms with van der Waals surface area (Å²) in [5.41, 5.74) is 2.23. The van der Waals surface area contributed by atoms with Gasteiger partial charge in [-0.15, -0.1) is 0 Å². The van der Waals surface area contributed by atoms with Crippen LogP contribution in [0.3, 0.4) is 0 Å². The summed E-state index contributed by atoms with van der Waals surface area (Å²) in [4.78, 5) is 0. The van der Waals surface area contributed by atoms with Gasteiger partial charge in [0.2, 0.25) is 0 Å². The van der Waals surface area contributed by atoms with Crippen molar-refractivity contribution in [1.82, 2.24) is 19.6 Å². The van der Waals surface area contributed by atoms with Gasteiger partial charge in [-0.25, -0.2) is 0 Å². The van der Waals surface area contributed by atoms with Gasteiger partial charge in [0, 0.05) is 25.9 Å². The molecule has 0 aliphatic carbocycles. The van der Waals surface area contributed by atoms with Gasteiger partial charge in [-0.2, -0.15) is 10.2 Å². The number of aromatic nitrogens is 4. The summed E-state index contributed by atoms with van der Waals surface area (Å²) in [5.74, 6) is 0.892. The van der Waals surface area contributed by atoms with Gasteiger partial charge in [0.05, 0.1) is 22.4 Å². The lowest BCUT2D eigenvalue weighted by Gasteiger charge is -2.04. The second-order valence-electron chi connectivity index (χ2n) is 4.09. The molecule has 0 bridgehead atoms. The Labute approximate surface area is 115 Å². The van der Waals surface area contributed by atoms with Gasteiger partial charge in [-0.1, -0.05) is 6.92 Å². The topological polar surface area (TPSA) is 47.7 Å². The van der Waals surface area contributed by atoms with Crippen LogP contribution in [0.25, 0.3) is 0 Å². The molecule has 0 fully saturated rings. The van der Waals surface area contributed by atoms with Crippen LogP contribution in [0.2, 0.25) is 0 Å². The van der Waals surface area contributed by atoms with Gasteiger partial charge < -0.3 is 5.32 Å². The molecule has 2 heterocycles. The zero-order valence-electron chi connectivity index (χ0n) is 10.9. The minimum atomic E-state index is 0.713. The van der Waals surface area contributed by atoms with Crippen molar-refractivity contribution in [3.63, 3.8) is 0 Å². The van der Waals surface area contributed by atoms with Gasteiger partial charge >= 0.3 is 0 Å². The summed E-state index contributed by atoms with van der Waals surface area (Å²) < 4.78 is 4.90. The molecule has 0 amide bonds. The number of aryl methyl sites for hydroxylation is 3. The first-order valence-electron chi connectivity index (χ1n) is 6.13. The van der Waals surface area contributed by atoms with Crippen LogP contribution < -0.4 is 5.32 Å². The SMILES string of the molecule is CCc1nn(C)c(CNc2ccn(CC)n2)c1Br. The fourth-order valence-electron chi connectivity index (χ4n) is 1.82. The van der Waals surface area contributed by atoms with Gasteiger partial charge in [-0.3, -0.25) is 9.36 Å². The molecule has 0 unspecified atom stereocenters. The van der Waals surface area contributed by atoms with Crippen LogP contribution in [0.1, 0.15) is 25.2 Å². The first kappa shape index (κ1) is 13.1. The molecule has 0 aliphatic heterocycles. The molecule has 18 heavy (non-hydrogen) atoms. The highest BCUT2D eigenvalue weighted by Crippen LogP contribution is 2.22. The van der Waals surface area contributed by atoms with Crippen LogP contribution in [0.4, 0.5) is 5.82 Å². The summed E-state index contributed by atoms with van der Waals surface area (Å²) in [6.07, 6.45) is 2.90. The predicted octanol–water partition coefficient (Wildman–Crippen LogP) is 2.57. The Morgan fingerprint density at radius 3 is 2.67 bits per heavy atom. The van der Waals surface area contributed by atoms with Crippen LogP contribution in [-0.2, 0) is 26.6 Å². The smallest absolute Gasteiger partial charge is 0.148 e. The summed E-state index contributed by atoms with van der Waals surface area (Å²) in [6.45, 7) is 5.77. The highest BCUT2D eigenvalue weighted by atomic mass is 79.9. The maximum atomic E-state index is 4.47. The maximum Gasteiger partial charge on any atom is 0.148 e. The molecule has 2 rings (SSSR count). The molecule has 6 heteroatoms. The van der Waals surface area contributed by atoms with Crippen LogP contribution in [0.15, 0.2) is 16.7 Å². The first-order chi connectivity index (χ1) is 8.65. The molecule has 0 aromatic carbocycles. The van der Waals surface area contributed by atoms with Gasteiger partial charge in [-0.05, 0) is 29.3 Å². The van der Waals surface area contributed by atoms with E-state index in [4.69, 9.17) is 0 Å². The normalized spacial score (nSPS) is 10.9. The van der Waals surface area contributed by atoms with Crippen LogP contribution in [0.5, 0.6) is 0 Å². The van der Waals surface area contributed by atoms with Crippen LogP contribution >= 0.6 is 15.9 Å². The highest BCUT2D eigenvalue weighted by Gasteiger charge is 2.12. The molecule has 5 nitrogen and oxygen atoms in total. The largest absolute Gasteiger partial charge is 0.363 e. The van der Waals surface area contributed by atoms with Crippen molar-refractivity contribution in [2.24, 2.45) is 7.05 Å². The number of anilines is 1. The number of rotatable bonds is 5. The lowest BCUT2D eigenvalue weighted by Crippen LogP contribution is -2.07. The Morgan fingerprint density at radius 2 is 2.11 bits per heavy atom. The van der Waals surface area contributed by atoms with E-state index in [1.54, 1.807) is 0 Å². The number of halogens is 1. The second-order valence-corrected chi connectivity index (χ2v) is 4.89. The van der Waals surface area contributed by atoms with E-state index < -0.39 is 0 Å². The molecule has 2 aromatic rings. The fraction of sp³-hybridized carbons (Fsp3) is 0.500. The molecule has 1 N–H and O–H groups in total. The third-order valence-electron chi connectivity index (χ3n) is 2.90. The standard InChI is InChI=1S/C12H18BrN5/c1-4-9-12(13)10(17(3)15-9)8-14-11-6-7-18(5-2)16-11/h6-7H,4-5,8H2,1-3H3,(H,14,16). The van der Waals surface area contributed by atoms with E-state index in [2.05, 4.69) is 45.3 Å². The third kappa shape index (κ3) is 2.58. The van der Waals surface area contributed by atoms with Crippen molar-refractivity contribution in [2.75, 3.05) is 5.32 Å². The summed E-state index contributed by atoms with van der Waals surface area (Å²) in [7, 11) is 1.96. The number of nitrogens with zero attached hydrogens (tertiary/aromatic N) is 4. The summed E-state index contributed by atoms with van der Waals surface area (Å²) in [5, 5.41) is 12.2. The fourth-order valence-corrected chi connectivity index (χ4v) is 2.57. The third-order valence-corrected chi connectivity index (χ3v) is 3.82. The number of hydrogen-bond acceptors (Lipinski definition) is 3. The Morgan fingerprint density at radius 1 is 1.33 bits per heavy atom. The van der Waals surface area contributed by atoms with E-state index in [-0.39, 0.29) is 0 Å². The monoisotopic (exact) mass is 311 g/mol. The van der Waals surface area contributed by atoms with Crippen LogP contribution in [0, 0.1) is 0 Å². The Bertz CT molecular complexity index is 529. The first-order valence-corrected chi connectivity index (χ1v) is 6.92. The van der Waals surface area contributed by atoms with E-state index in [9.17, 15) is 0 Å². The zero-order chi connectivity index (χ0) is 13.1. The summed E-state index contributed by atoms with van der Waals surface area (Å²) in [6, 6.07) is 1.98. The minimum absolute atomic E-state index is 0.713. The minimum Gasteiger partial charge on any atom is -0.363 e. The molecule has 0 saturated carbocycles. The molecule has 0 saturated heterocycles. The molecule has 0 aliphatic rings. The number of hydrogen-bond donors (Lipinski definition) is 1. The van der Waals surface area contributed by atoms with Crippen molar-refractivity contribution < 1.29 is 0 Å². The zero-order valence-corrected chi connectivity index (χ0v) is 12.5. The van der Waals surface area contributed by atoms with E-state index in [0.29, 0.717) is 6.54 Å². The number of nitrogens with one attached hydrogen (secondary N) is 1. The van der Waals surface area contributed by atoms with E-state index in [1.165, 1.54) is 0 Å². The van der Waals surface area contributed by atoms with E-state index in [1.807, 2.05) is 28.7 Å². The predicted molar refractivity (Wildman–Crippen MR) is 75.5 cm³/mol. The van der Waals surface area contributed by atoms with Crippen molar-refractivity contribution in [1.29, 1.82) is 0 Å².